The zero-order chi connectivity index (χ0) is 16.0. The Labute approximate surface area is 144 Å². The maximum Gasteiger partial charge on any atom is 0.240 e. The monoisotopic (exact) mass is 361 g/mol. The van der Waals surface area contributed by atoms with Crippen molar-refractivity contribution in [2.75, 3.05) is 26.7 Å². The lowest BCUT2D eigenvalue weighted by atomic mass is 10.1. The second-order valence-corrected chi connectivity index (χ2v) is 7.17. The number of halogens is 1. The van der Waals surface area contributed by atoms with Crippen LogP contribution in [-0.2, 0) is 14.8 Å². The molecule has 0 radical (unpaired) electrons. The fourth-order valence-electron chi connectivity index (χ4n) is 2.55. The van der Waals surface area contributed by atoms with Gasteiger partial charge in [0.2, 0.25) is 15.9 Å². The highest BCUT2D eigenvalue weighted by Gasteiger charge is 2.22. The lowest BCUT2D eigenvalue weighted by Gasteiger charge is -2.31. The molecule has 2 rings (SSSR count). The van der Waals surface area contributed by atoms with Crippen molar-refractivity contribution in [1.29, 1.82) is 0 Å². The van der Waals surface area contributed by atoms with E-state index < -0.39 is 10.0 Å². The normalized spacial score (nSPS) is 16.0. The van der Waals surface area contributed by atoms with Crippen molar-refractivity contribution in [2.45, 2.75) is 30.2 Å². The Hall–Kier alpha value is -1.15. The molecular weight excluding hydrogens is 338 g/mol. The molecule has 0 bridgehead atoms. The first-order chi connectivity index (χ1) is 10.5. The van der Waals surface area contributed by atoms with Crippen LogP contribution in [0.4, 0.5) is 0 Å². The summed E-state index contributed by atoms with van der Waals surface area (Å²) in [5.41, 5.74) is 0. The summed E-state index contributed by atoms with van der Waals surface area (Å²) in [4.78, 5) is 14.1. The van der Waals surface area contributed by atoms with Gasteiger partial charge < -0.3 is 10.2 Å². The molecule has 2 N–H and O–H groups in total. The van der Waals surface area contributed by atoms with Crippen LogP contribution < -0.4 is 10.0 Å². The molecule has 8 heteroatoms. The summed E-state index contributed by atoms with van der Waals surface area (Å²) in [5, 5.41) is 3.21. The van der Waals surface area contributed by atoms with E-state index in [2.05, 4.69) is 10.0 Å². The number of piperidine rings is 1. The Morgan fingerprint density at radius 3 is 2.39 bits per heavy atom. The van der Waals surface area contributed by atoms with Crippen LogP contribution in [-0.4, -0.2) is 51.9 Å². The van der Waals surface area contributed by atoms with Gasteiger partial charge in [0.15, 0.2) is 0 Å². The van der Waals surface area contributed by atoms with Gasteiger partial charge in [-0.2, -0.15) is 0 Å². The first-order valence-corrected chi connectivity index (χ1v) is 9.01. The summed E-state index contributed by atoms with van der Waals surface area (Å²) in [6, 6.07) is 8.65. The zero-order valence-electron chi connectivity index (χ0n) is 13.2. The number of nitrogens with zero attached hydrogens (tertiary/aromatic N) is 1. The Morgan fingerprint density at radius 2 is 1.83 bits per heavy atom. The maximum atomic E-state index is 12.1. The molecule has 0 unspecified atom stereocenters. The summed E-state index contributed by atoms with van der Waals surface area (Å²) >= 11 is 0. The van der Waals surface area contributed by atoms with Gasteiger partial charge in [0.05, 0.1) is 4.90 Å². The largest absolute Gasteiger partial charge is 0.343 e. The summed E-state index contributed by atoms with van der Waals surface area (Å²) < 4.78 is 26.5. The smallest absolute Gasteiger partial charge is 0.240 e. The fraction of sp³-hybridized carbons (Fsp3) is 0.533. The summed E-state index contributed by atoms with van der Waals surface area (Å²) in [7, 11) is -1.60. The minimum atomic E-state index is -3.53. The number of carbonyl (C=O) groups is 1. The number of sulfonamides is 1. The average molecular weight is 362 g/mol. The molecule has 0 aromatic heterocycles. The van der Waals surface area contributed by atoms with Crippen LogP contribution >= 0.6 is 12.4 Å². The molecule has 1 fully saturated rings. The van der Waals surface area contributed by atoms with Gasteiger partial charge in [0.25, 0.3) is 0 Å². The van der Waals surface area contributed by atoms with Crippen molar-refractivity contribution in [3.63, 3.8) is 0 Å². The summed E-state index contributed by atoms with van der Waals surface area (Å²) in [6.07, 6.45) is 2.08. The number of hydrogen-bond donors (Lipinski definition) is 2. The molecule has 6 nitrogen and oxygen atoms in total. The number of carbonyl (C=O) groups excluding carboxylic acids is 1. The highest BCUT2D eigenvalue weighted by molar-refractivity contribution is 7.89. The minimum Gasteiger partial charge on any atom is -0.343 e. The quantitative estimate of drug-likeness (QED) is 0.792. The molecule has 0 atom stereocenters. The fourth-order valence-corrected chi connectivity index (χ4v) is 3.60. The van der Waals surface area contributed by atoms with Crippen molar-refractivity contribution in [3.8, 4) is 0 Å². The molecule has 130 valence electrons. The lowest BCUT2D eigenvalue weighted by molar-refractivity contribution is -0.132. The number of likely N-dealkylation sites (tertiary alicyclic amines) is 1. The molecule has 0 spiro atoms. The Morgan fingerprint density at radius 1 is 1.22 bits per heavy atom. The van der Waals surface area contributed by atoms with Gasteiger partial charge in [-0.15, -0.1) is 12.4 Å². The minimum absolute atomic E-state index is 0. The highest BCUT2D eigenvalue weighted by Crippen LogP contribution is 2.11. The Balaban J connectivity index is 0.00000264. The molecule has 23 heavy (non-hydrogen) atoms. The van der Waals surface area contributed by atoms with Crippen LogP contribution in [0.1, 0.15) is 19.3 Å². The molecule has 1 aliphatic heterocycles. The van der Waals surface area contributed by atoms with Crippen molar-refractivity contribution >= 4 is 28.3 Å². The standard InChI is InChI=1S/C15H23N3O3S.ClH/c1-16-13-8-11-18(12-9-13)15(19)7-10-17-22(20,21)14-5-3-2-4-6-14;/h2-6,13,16-17H,7-12H2,1H3;1H. The molecule has 0 saturated carbocycles. The van der Waals surface area contributed by atoms with Gasteiger partial charge in [-0.25, -0.2) is 13.1 Å². The second-order valence-electron chi connectivity index (χ2n) is 5.40. The van der Waals surface area contributed by atoms with Crippen LogP contribution in [0.3, 0.4) is 0 Å². The number of rotatable bonds is 6. The topological polar surface area (TPSA) is 78.5 Å². The molecule has 1 saturated heterocycles. The molecule has 0 aliphatic carbocycles. The average Bonchev–Trinajstić information content (AvgIpc) is 2.55. The van der Waals surface area contributed by atoms with Gasteiger partial charge in [-0.1, -0.05) is 18.2 Å². The number of nitrogens with one attached hydrogen (secondary N) is 2. The van der Waals surface area contributed by atoms with E-state index in [0.717, 1.165) is 25.9 Å². The molecular formula is C15H24ClN3O3S. The molecule has 1 aromatic carbocycles. The highest BCUT2D eigenvalue weighted by atomic mass is 35.5. The molecule has 1 heterocycles. The first kappa shape index (κ1) is 19.9. The Bertz CT molecular complexity index is 587. The lowest BCUT2D eigenvalue weighted by Crippen LogP contribution is -2.44. The number of amides is 1. The van der Waals surface area contributed by atoms with Gasteiger partial charge >= 0.3 is 0 Å². The predicted octanol–water partition coefficient (Wildman–Crippen LogP) is 0.987. The number of hydrogen-bond acceptors (Lipinski definition) is 4. The van der Waals surface area contributed by atoms with Crippen molar-refractivity contribution < 1.29 is 13.2 Å². The molecule has 1 amide bonds. The maximum absolute atomic E-state index is 12.1. The molecule has 1 aromatic rings. The van der Waals surface area contributed by atoms with Gasteiger partial charge in [-0.3, -0.25) is 4.79 Å². The van der Waals surface area contributed by atoms with E-state index in [0.29, 0.717) is 6.04 Å². The van der Waals surface area contributed by atoms with Crippen LogP contribution in [0.15, 0.2) is 35.2 Å². The third-order valence-corrected chi connectivity index (χ3v) is 5.42. The number of benzene rings is 1. The van der Waals surface area contributed by atoms with E-state index in [4.69, 9.17) is 0 Å². The zero-order valence-corrected chi connectivity index (χ0v) is 14.8. The van der Waals surface area contributed by atoms with Crippen LogP contribution in [0.25, 0.3) is 0 Å². The van der Waals surface area contributed by atoms with E-state index in [-0.39, 0.29) is 36.2 Å². The third-order valence-electron chi connectivity index (χ3n) is 3.94. The van der Waals surface area contributed by atoms with Crippen molar-refractivity contribution in [3.05, 3.63) is 30.3 Å². The van der Waals surface area contributed by atoms with Gasteiger partial charge in [0.1, 0.15) is 0 Å². The Kier molecular flexibility index (Phi) is 7.98. The van der Waals surface area contributed by atoms with E-state index in [9.17, 15) is 13.2 Å². The second kappa shape index (κ2) is 9.22. The SMILES string of the molecule is CNC1CCN(C(=O)CCNS(=O)(=O)c2ccccc2)CC1.Cl. The van der Waals surface area contributed by atoms with E-state index >= 15 is 0 Å². The van der Waals surface area contributed by atoms with E-state index in [1.807, 2.05) is 11.9 Å². The van der Waals surface area contributed by atoms with Crippen molar-refractivity contribution in [1.82, 2.24) is 14.9 Å². The summed E-state index contributed by atoms with van der Waals surface area (Å²) in [5.74, 6) is 0.00492. The van der Waals surface area contributed by atoms with Gasteiger partial charge in [0, 0.05) is 32.1 Å². The van der Waals surface area contributed by atoms with Gasteiger partial charge in [-0.05, 0) is 32.0 Å². The molecule has 1 aliphatic rings. The van der Waals surface area contributed by atoms with E-state index in [1.165, 1.54) is 12.1 Å². The van der Waals surface area contributed by atoms with E-state index in [1.54, 1.807) is 18.2 Å². The third kappa shape index (κ3) is 5.76. The van der Waals surface area contributed by atoms with Crippen LogP contribution in [0, 0.1) is 0 Å². The van der Waals surface area contributed by atoms with Crippen LogP contribution in [0.5, 0.6) is 0 Å². The summed E-state index contributed by atoms with van der Waals surface area (Å²) in [6.45, 7) is 1.59. The van der Waals surface area contributed by atoms with Crippen LogP contribution in [0.2, 0.25) is 0 Å². The van der Waals surface area contributed by atoms with Crippen molar-refractivity contribution in [2.24, 2.45) is 0 Å². The first-order valence-electron chi connectivity index (χ1n) is 7.52. The predicted molar refractivity (Wildman–Crippen MR) is 92.2 cm³/mol.